The summed E-state index contributed by atoms with van der Waals surface area (Å²) in [7, 11) is 0. The lowest BCUT2D eigenvalue weighted by Crippen LogP contribution is -1.91. The first-order valence-corrected chi connectivity index (χ1v) is 4.89. The van der Waals surface area contributed by atoms with E-state index < -0.39 is 0 Å². The Bertz CT molecular complexity index is 574. The highest BCUT2D eigenvalue weighted by Gasteiger charge is 2.05. The number of nitrogens with two attached hydrogens (primary N) is 1. The summed E-state index contributed by atoms with van der Waals surface area (Å²) in [6.07, 6.45) is 5.54. The lowest BCUT2D eigenvalue weighted by atomic mass is 9.96. The molecular weight excluding hydrogens is 182 g/mol. The molecule has 0 atom stereocenters. The summed E-state index contributed by atoms with van der Waals surface area (Å²) in [5.74, 6) is 2.76. The van der Waals surface area contributed by atoms with E-state index in [2.05, 4.69) is 12.0 Å². The lowest BCUT2D eigenvalue weighted by Gasteiger charge is -2.09. The van der Waals surface area contributed by atoms with Gasteiger partial charge in [-0.2, -0.15) is 0 Å². The fraction of sp³-hybridized carbons (Fsp3) is 0.143. The number of benzene rings is 2. The second kappa shape index (κ2) is 3.33. The Hall–Kier alpha value is -1.94. The van der Waals surface area contributed by atoms with E-state index in [1.807, 2.05) is 32.0 Å². The maximum Gasteiger partial charge on any atom is 0.0352 e. The Kier molecular flexibility index (Phi) is 2.13. The van der Waals surface area contributed by atoms with Crippen molar-refractivity contribution in [1.29, 1.82) is 0 Å². The quantitative estimate of drug-likeness (QED) is 0.507. The van der Waals surface area contributed by atoms with Crippen LogP contribution in [0.3, 0.4) is 0 Å². The third-order valence-electron chi connectivity index (χ3n) is 2.69. The van der Waals surface area contributed by atoms with Crippen molar-refractivity contribution in [3.63, 3.8) is 0 Å². The zero-order chi connectivity index (χ0) is 11.0. The largest absolute Gasteiger partial charge is 0.399 e. The minimum absolute atomic E-state index is 0.784. The van der Waals surface area contributed by atoms with Crippen molar-refractivity contribution in [2.75, 3.05) is 5.73 Å². The molecule has 1 heteroatoms. The van der Waals surface area contributed by atoms with Gasteiger partial charge in [-0.15, -0.1) is 6.42 Å². The van der Waals surface area contributed by atoms with Crippen LogP contribution >= 0.6 is 0 Å². The first-order valence-electron chi connectivity index (χ1n) is 4.89. The van der Waals surface area contributed by atoms with Gasteiger partial charge in [0, 0.05) is 16.6 Å². The molecule has 2 aromatic carbocycles. The van der Waals surface area contributed by atoms with E-state index in [-0.39, 0.29) is 0 Å². The highest BCUT2D eigenvalue weighted by atomic mass is 14.5. The Labute approximate surface area is 89.9 Å². The fourth-order valence-electron chi connectivity index (χ4n) is 2.00. The minimum atomic E-state index is 0.784. The molecule has 0 aliphatic heterocycles. The van der Waals surface area contributed by atoms with Gasteiger partial charge < -0.3 is 5.73 Å². The molecule has 0 unspecified atom stereocenters. The molecular formula is C14H13N. The van der Waals surface area contributed by atoms with Crippen LogP contribution < -0.4 is 5.73 Å². The Morgan fingerprint density at radius 2 is 1.87 bits per heavy atom. The molecule has 0 saturated heterocycles. The number of anilines is 1. The zero-order valence-electron chi connectivity index (χ0n) is 8.96. The molecule has 0 heterocycles. The molecule has 0 bridgehead atoms. The van der Waals surface area contributed by atoms with Gasteiger partial charge >= 0.3 is 0 Å². The van der Waals surface area contributed by atoms with Crippen LogP contribution in [0.1, 0.15) is 16.7 Å². The van der Waals surface area contributed by atoms with E-state index in [0.717, 1.165) is 33.2 Å². The molecule has 0 fully saturated rings. The van der Waals surface area contributed by atoms with Crippen LogP contribution in [0.25, 0.3) is 10.8 Å². The molecule has 0 spiro atoms. The highest BCUT2D eigenvalue weighted by Crippen LogP contribution is 2.27. The number of rotatable bonds is 0. The van der Waals surface area contributed by atoms with Gasteiger partial charge in [0.05, 0.1) is 0 Å². The van der Waals surface area contributed by atoms with Crippen molar-refractivity contribution in [2.45, 2.75) is 13.8 Å². The topological polar surface area (TPSA) is 26.0 Å². The number of fused-ring (bicyclic) bond motifs is 1. The molecule has 0 aliphatic rings. The normalized spacial score (nSPS) is 10.2. The first kappa shape index (κ1) is 9.61. The van der Waals surface area contributed by atoms with E-state index in [4.69, 9.17) is 12.2 Å². The lowest BCUT2D eigenvalue weighted by molar-refractivity contribution is 1.44. The molecule has 0 saturated carbocycles. The van der Waals surface area contributed by atoms with E-state index in [9.17, 15) is 0 Å². The smallest absolute Gasteiger partial charge is 0.0352 e. The summed E-state index contributed by atoms with van der Waals surface area (Å²) in [6, 6.07) is 8.02. The van der Waals surface area contributed by atoms with Crippen molar-refractivity contribution in [3.8, 4) is 12.3 Å². The Morgan fingerprint density at radius 3 is 2.53 bits per heavy atom. The minimum Gasteiger partial charge on any atom is -0.399 e. The molecule has 2 N–H and O–H groups in total. The van der Waals surface area contributed by atoms with Gasteiger partial charge in [-0.1, -0.05) is 18.1 Å². The van der Waals surface area contributed by atoms with E-state index in [1.54, 1.807) is 0 Å². The van der Waals surface area contributed by atoms with Crippen molar-refractivity contribution >= 4 is 16.5 Å². The standard InChI is InChI=1S/C14H13N/c1-4-13-9(2)5-6-11-8-12(15)7-10(3)14(11)13/h1,5-8H,15H2,2-3H3. The molecule has 74 valence electrons. The van der Waals surface area contributed by atoms with Crippen LogP contribution in [0.4, 0.5) is 5.69 Å². The van der Waals surface area contributed by atoms with Crippen LogP contribution in [0, 0.1) is 26.2 Å². The van der Waals surface area contributed by atoms with Crippen molar-refractivity contribution in [2.24, 2.45) is 0 Å². The second-order valence-electron chi connectivity index (χ2n) is 3.84. The van der Waals surface area contributed by atoms with Crippen LogP contribution in [0.5, 0.6) is 0 Å². The summed E-state index contributed by atoms with van der Waals surface area (Å²) in [5, 5.41) is 2.26. The van der Waals surface area contributed by atoms with Gasteiger partial charge in [0.1, 0.15) is 0 Å². The monoisotopic (exact) mass is 195 g/mol. The van der Waals surface area contributed by atoms with Gasteiger partial charge in [-0.25, -0.2) is 0 Å². The highest BCUT2D eigenvalue weighted by molar-refractivity contribution is 5.94. The summed E-state index contributed by atoms with van der Waals surface area (Å²) in [5.41, 5.74) is 9.84. The SMILES string of the molecule is C#Cc1c(C)ccc2cc(N)cc(C)c12. The van der Waals surface area contributed by atoms with Gasteiger partial charge in [0.2, 0.25) is 0 Å². The number of hydrogen-bond donors (Lipinski definition) is 1. The maximum atomic E-state index is 5.80. The van der Waals surface area contributed by atoms with Gasteiger partial charge in [0.25, 0.3) is 0 Å². The molecule has 0 amide bonds. The van der Waals surface area contributed by atoms with Crippen LogP contribution in [-0.2, 0) is 0 Å². The summed E-state index contributed by atoms with van der Waals surface area (Å²) >= 11 is 0. The second-order valence-corrected chi connectivity index (χ2v) is 3.84. The van der Waals surface area contributed by atoms with Gasteiger partial charge in [0.15, 0.2) is 0 Å². The van der Waals surface area contributed by atoms with E-state index in [0.29, 0.717) is 0 Å². The summed E-state index contributed by atoms with van der Waals surface area (Å²) < 4.78 is 0. The van der Waals surface area contributed by atoms with Crippen molar-refractivity contribution in [3.05, 3.63) is 41.0 Å². The zero-order valence-corrected chi connectivity index (χ0v) is 8.96. The predicted octanol–water partition coefficient (Wildman–Crippen LogP) is 3.02. The molecule has 0 aromatic heterocycles. The fourth-order valence-corrected chi connectivity index (χ4v) is 2.00. The maximum absolute atomic E-state index is 5.80. The number of terminal acetylenes is 1. The summed E-state index contributed by atoms with van der Waals surface area (Å²) in [6.45, 7) is 4.07. The third kappa shape index (κ3) is 1.45. The average Bonchev–Trinajstić information content (AvgIpc) is 2.18. The number of hydrogen-bond acceptors (Lipinski definition) is 1. The van der Waals surface area contributed by atoms with Crippen LogP contribution in [0.2, 0.25) is 0 Å². The van der Waals surface area contributed by atoms with Crippen molar-refractivity contribution < 1.29 is 0 Å². The third-order valence-corrected chi connectivity index (χ3v) is 2.69. The van der Waals surface area contributed by atoms with Gasteiger partial charge in [-0.3, -0.25) is 0 Å². The van der Waals surface area contributed by atoms with Crippen LogP contribution in [-0.4, -0.2) is 0 Å². The molecule has 0 aliphatic carbocycles. The number of aryl methyl sites for hydroxylation is 2. The number of nitrogen functional groups attached to an aromatic ring is 1. The molecule has 2 aromatic rings. The molecule has 1 nitrogen and oxygen atoms in total. The molecule has 2 rings (SSSR count). The van der Waals surface area contributed by atoms with E-state index in [1.165, 1.54) is 0 Å². The van der Waals surface area contributed by atoms with Crippen molar-refractivity contribution in [1.82, 2.24) is 0 Å². The molecule has 0 radical (unpaired) electrons. The van der Waals surface area contributed by atoms with Crippen LogP contribution in [0.15, 0.2) is 24.3 Å². The molecule has 15 heavy (non-hydrogen) atoms. The van der Waals surface area contributed by atoms with Gasteiger partial charge in [-0.05, 0) is 42.5 Å². The van der Waals surface area contributed by atoms with E-state index >= 15 is 0 Å². The average molecular weight is 195 g/mol. The first-order chi connectivity index (χ1) is 7.13. The predicted molar refractivity (Wildman–Crippen MR) is 65.8 cm³/mol. The summed E-state index contributed by atoms with van der Waals surface area (Å²) in [4.78, 5) is 0. The Morgan fingerprint density at radius 1 is 1.13 bits per heavy atom. The Balaban J connectivity index is 3.00.